The van der Waals surface area contributed by atoms with Crippen LogP contribution < -0.4 is 5.32 Å². The minimum atomic E-state index is -0.985. The quantitative estimate of drug-likeness (QED) is 0.829. The Morgan fingerprint density at radius 3 is 2.35 bits per heavy atom. The van der Waals surface area contributed by atoms with E-state index in [0.29, 0.717) is 5.56 Å². The van der Waals surface area contributed by atoms with Crippen LogP contribution in [0, 0.1) is 0 Å². The maximum absolute atomic E-state index is 12.2. The van der Waals surface area contributed by atoms with Gasteiger partial charge in [-0.15, -0.1) is 0 Å². The van der Waals surface area contributed by atoms with Crippen molar-refractivity contribution in [3.63, 3.8) is 0 Å². The SMILES string of the molecule is CC1(NC(=O)c2ccc(C=CC(=O)O)cc2)CCCC1. The van der Waals surface area contributed by atoms with Gasteiger partial charge in [0.15, 0.2) is 0 Å². The molecule has 0 radical (unpaired) electrons. The molecule has 4 heteroatoms. The van der Waals surface area contributed by atoms with Crippen molar-refractivity contribution in [2.75, 3.05) is 0 Å². The van der Waals surface area contributed by atoms with Crippen molar-refractivity contribution in [3.8, 4) is 0 Å². The zero-order chi connectivity index (χ0) is 14.6. The first kappa shape index (κ1) is 14.3. The molecule has 106 valence electrons. The van der Waals surface area contributed by atoms with E-state index in [1.54, 1.807) is 24.3 Å². The molecule has 1 aliphatic carbocycles. The lowest BCUT2D eigenvalue weighted by Crippen LogP contribution is -2.43. The number of amides is 1. The molecule has 0 bridgehead atoms. The minimum absolute atomic E-state index is 0.0665. The summed E-state index contributed by atoms with van der Waals surface area (Å²) in [6, 6.07) is 6.92. The van der Waals surface area contributed by atoms with Crippen molar-refractivity contribution in [1.82, 2.24) is 5.32 Å². The van der Waals surface area contributed by atoms with Gasteiger partial charge in [0.1, 0.15) is 0 Å². The van der Waals surface area contributed by atoms with Gasteiger partial charge in [-0.25, -0.2) is 4.79 Å². The Morgan fingerprint density at radius 1 is 1.20 bits per heavy atom. The van der Waals surface area contributed by atoms with Gasteiger partial charge in [-0.1, -0.05) is 25.0 Å². The Balaban J connectivity index is 2.02. The second kappa shape index (κ2) is 5.90. The first-order valence-corrected chi connectivity index (χ1v) is 6.82. The van der Waals surface area contributed by atoms with Gasteiger partial charge in [0, 0.05) is 17.2 Å². The molecule has 1 saturated carbocycles. The summed E-state index contributed by atoms with van der Waals surface area (Å²) in [5, 5.41) is 11.6. The normalized spacial score (nSPS) is 17.2. The molecule has 2 rings (SSSR count). The highest BCUT2D eigenvalue weighted by Crippen LogP contribution is 2.29. The summed E-state index contributed by atoms with van der Waals surface area (Å²) in [5.41, 5.74) is 1.28. The second-order valence-corrected chi connectivity index (χ2v) is 5.52. The van der Waals surface area contributed by atoms with Crippen molar-refractivity contribution in [3.05, 3.63) is 41.5 Å². The van der Waals surface area contributed by atoms with Gasteiger partial charge in [-0.05, 0) is 43.5 Å². The highest BCUT2D eigenvalue weighted by Gasteiger charge is 2.30. The lowest BCUT2D eigenvalue weighted by atomic mass is 10.00. The molecule has 1 amide bonds. The number of nitrogens with one attached hydrogen (secondary N) is 1. The van der Waals surface area contributed by atoms with Crippen LogP contribution in [0.15, 0.2) is 30.3 Å². The van der Waals surface area contributed by atoms with Gasteiger partial charge in [-0.3, -0.25) is 4.79 Å². The average Bonchev–Trinajstić information content (AvgIpc) is 2.83. The van der Waals surface area contributed by atoms with Crippen LogP contribution in [-0.4, -0.2) is 22.5 Å². The first-order valence-electron chi connectivity index (χ1n) is 6.82. The zero-order valence-corrected chi connectivity index (χ0v) is 11.6. The molecule has 20 heavy (non-hydrogen) atoms. The van der Waals surface area contributed by atoms with Crippen LogP contribution in [0.3, 0.4) is 0 Å². The molecule has 1 fully saturated rings. The number of carboxylic acid groups (broad SMARTS) is 1. The van der Waals surface area contributed by atoms with Crippen LogP contribution in [0.4, 0.5) is 0 Å². The smallest absolute Gasteiger partial charge is 0.328 e. The number of benzene rings is 1. The number of aliphatic carboxylic acids is 1. The van der Waals surface area contributed by atoms with E-state index < -0.39 is 5.97 Å². The Bertz CT molecular complexity index is 525. The number of carboxylic acids is 1. The molecular formula is C16H19NO3. The third kappa shape index (κ3) is 3.70. The Morgan fingerprint density at radius 2 is 1.80 bits per heavy atom. The first-order chi connectivity index (χ1) is 9.48. The highest BCUT2D eigenvalue weighted by atomic mass is 16.4. The third-order valence-electron chi connectivity index (χ3n) is 3.71. The molecule has 1 aliphatic rings. The van der Waals surface area contributed by atoms with E-state index >= 15 is 0 Å². The van der Waals surface area contributed by atoms with Crippen LogP contribution in [-0.2, 0) is 4.79 Å². The fourth-order valence-electron chi connectivity index (χ4n) is 2.54. The van der Waals surface area contributed by atoms with E-state index in [-0.39, 0.29) is 11.4 Å². The summed E-state index contributed by atoms with van der Waals surface area (Å²) >= 11 is 0. The van der Waals surface area contributed by atoms with Crippen molar-refractivity contribution in [2.45, 2.75) is 38.1 Å². The molecule has 0 atom stereocenters. The fourth-order valence-corrected chi connectivity index (χ4v) is 2.54. The van der Waals surface area contributed by atoms with E-state index in [4.69, 9.17) is 5.11 Å². The summed E-state index contributed by atoms with van der Waals surface area (Å²) in [6.45, 7) is 2.09. The number of carbonyl (C=O) groups is 2. The summed E-state index contributed by atoms with van der Waals surface area (Å²) in [6.07, 6.45) is 6.96. The predicted molar refractivity (Wildman–Crippen MR) is 77.5 cm³/mol. The number of hydrogen-bond donors (Lipinski definition) is 2. The van der Waals surface area contributed by atoms with Crippen molar-refractivity contribution in [1.29, 1.82) is 0 Å². The standard InChI is InChI=1S/C16H19NO3/c1-16(10-2-3-11-16)17-15(20)13-7-4-12(5-8-13)6-9-14(18)19/h4-9H,2-3,10-11H2,1H3,(H,17,20)(H,18,19). The van der Waals surface area contributed by atoms with Crippen LogP contribution in [0.5, 0.6) is 0 Å². The van der Waals surface area contributed by atoms with Gasteiger partial charge in [0.05, 0.1) is 0 Å². The molecule has 0 aliphatic heterocycles. The number of carbonyl (C=O) groups excluding carboxylic acids is 1. The molecule has 4 nitrogen and oxygen atoms in total. The molecule has 2 N–H and O–H groups in total. The Kier molecular flexibility index (Phi) is 4.23. The zero-order valence-electron chi connectivity index (χ0n) is 11.6. The molecule has 1 aromatic carbocycles. The highest BCUT2D eigenvalue weighted by molar-refractivity contribution is 5.95. The van der Waals surface area contributed by atoms with Crippen LogP contribution >= 0.6 is 0 Å². The topological polar surface area (TPSA) is 66.4 Å². The maximum Gasteiger partial charge on any atom is 0.328 e. The van der Waals surface area contributed by atoms with Gasteiger partial charge >= 0.3 is 5.97 Å². The molecule has 0 spiro atoms. The van der Waals surface area contributed by atoms with Gasteiger partial charge in [0.25, 0.3) is 5.91 Å². The molecule has 0 aromatic heterocycles. The summed E-state index contributed by atoms with van der Waals surface area (Å²) in [4.78, 5) is 22.6. The minimum Gasteiger partial charge on any atom is -0.478 e. The van der Waals surface area contributed by atoms with E-state index in [2.05, 4.69) is 12.2 Å². The second-order valence-electron chi connectivity index (χ2n) is 5.52. The largest absolute Gasteiger partial charge is 0.478 e. The Hall–Kier alpha value is -2.10. The molecular weight excluding hydrogens is 254 g/mol. The van der Waals surface area contributed by atoms with Crippen molar-refractivity contribution in [2.24, 2.45) is 0 Å². The van der Waals surface area contributed by atoms with E-state index in [9.17, 15) is 9.59 Å². The molecule has 0 heterocycles. The third-order valence-corrected chi connectivity index (χ3v) is 3.71. The summed E-state index contributed by atoms with van der Waals surface area (Å²) in [5.74, 6) is -1.05. The van der Waals surface area contributed by atoms with E-state index in [1.807, 2.05) is 0 Å². The van der Waals surface area contributed by atoms with Gasteiger partial charge < -0.3 is 10.4 Å². The lowest BCUT2D eigenvalue weighted by Gasteiger charge is -2.25. The molecule has 1 aromatic rings. The van der Waals surface area contributed by atoms with Crippen LogP contribution in [0.1, 0.15) is 48.5 Å². The monoisotopic (exact) mass is 273 g/mol. The lowest BCUT2D eigenvalue weighted by molar-refractivity contribution is -0.131. The summed E-state index contributed by atoms with van der Waals surface area (Å²) < 4.78 is 0. The summed E-state index contributed by atoms with van der Waals surface area (Å²) in [7, 11) is 0. The maximum atomic E-state index is 12.2. The predicted octanol–water partition coefficient (Wildman–Crippen LogP) is 2.85. The van der Waals surface area contributed by atoms with E-state index in [0.717, 1.165) is 37.3 Å². The molecule has 0 saturated heterocycles. The Labute approximate surface area is 118 Å². The van der Waals surface area contributed by atoms with Gasteiger partial charge in [0.2, 0.25) is 0 Å². The van der Waals surface area contributed by atoms with Crippen molar-refractivity contribution >= 4 is 18.0 Å². The van der Waals surface area contributed by atoms with Gasteiger partial charge in [-0.2, -0.15) is 0 Å². The molecule has 0 unspecified atom stereocenters. The fraction of sp³-hybridized carbons (Fsp3) is 0.375. The average molecular weight is 273 g/mol. The number of rotatable bonds is 4. The number of hydrogen-bond acceptors (Lipinski definition) is 2. The van der Waals surface area contributed by atoms with Crippen molar-refractivity contribution < 1.29 is 14.7 Å². The van der Waals surface area contributed by atoms with Crippen LogP contribution in [0.2, 0.25) is 0 Å². The van der Waals surface area contributed by atoms with Crippen LogP contribution in [0.25, 0.3) is 6.08 Å². The van der Waals surface area contributed by atoms with E-state index in [1.165, 1.54) is 6.08 Å².